The number of rotatable bonds is 6. The molecule has 1 aliphatic heterocycles. The van der Waals surface area contributed by atoms with Gasteiger partial charge in [0.25, 0.3) is 0 Å². The van der Waals surface area contributed by atoms with E-state index in [1.165, 1.54) is 6.42 Å². The van der Waals surface area contributed by atoms with Crippen molar-refractivity contribution in [1.82, 2.24) is 14.9 Å². The molecule has 2 atom stereocenters. The SMILES string of the molecule is CCNC(=NCC1CCN(S(=O)(=O)c2ccccc2)CC1)NC1CC1C.I. The van der Waals surface area contributed by atoms with Gasteiger partial charge in [0.2, 0.25) is 10.0 Å². The van der Waals surface area contributed by atoms with Gasteiger partial charge < -0.3 is 10.6 Å². The number of piperidine rings is 1. The lowest BCUT2D eigenvalue weighted by Crippen LogP contribution is -2.41. The van der Waals surface area contributed by atoms with Gasteiger partial charge in [-0.05, 0) is 50.2 Å². The van der Waals surface area contributed by atoms with Crippen LogP contribution in [0.2, 0.25) is 0 Å². The van der Waals surface area contributed by atoms with Gasteiger partial charge in [-0.2, -0.15) is 4.31 Å². The molecule has 1 saturated heterocycles. The van der Waals surface area contributed by atoms with Crippen molar-refractivity contribution in [2.24, 2.45) is 16.8 Å². The van der Waals surface area contributed by atoms with Gasteiger partial charge in [0.1, 0.15) is 0 Å². The molecule has 0 radical (unpaired) electrons. The van der Waals surface area contributed by atoms with Crippen LogP contribution in [-0.2, 0) is 10.0 Å². The number of aliphatic imine (C=N–C) groups is 1. The van der Waals surface area contributed by atoms with Gasteiger partial charge in [-0.1, -0.05) is 25.1 Å². The highest BCUT2D eigenvalue weighted by molar-refractivity contribution is 14.0. The normalized spacial score (nSPS) is 24.1. The monoisotopic (exact) mass is 506 g/mol. The van der Waals surface area contributed by atoms with E-state index < -0.39 is 10.0 Å². The highest BCUT2D eigenvalue weighted by atomic mass is 127. The molecule has 0 aromatic heterocycles. The molecule has 2 N–H and O–H groups in total. The van der Waals surface area contributed by atoms with Gasteiger partial charge in [0, 0.05) is 32.2 Å². The number of sulfonamides is 1. The van der Waals surface area contributed by atoms with Crippen molar-refractivity contribution in [3.05, 3.63) is 30.3 Å². The van der Waals surface area contributed by atoms with Crippen molar-refractivity contribution in [2.75, 3.05) is 26.2 Å². The third-order valence-electron chi connectivity index (χ3n) is 5.24. The Morgan fingerprint density at radius 2 is 1.85 bits per heavy atom. The zero-order valence-corrected chi connectivity index (χ0v) is 19.2. The van der Waals surface area contributed by atoms with E-state index in [-0.39, 0.29) is 24.0 Å². The average Bonchev–Trinajstić information content (AvgIpc) is 3.35. The van der Waals surface area contributed by atoms with Crippen LogP contribution in [0.3, 0.4) is 0 Å². The van der Waals surface area contributed by atoms with Gasteiger partial charge in [-0.15, -0.1) is 24.0 Å². The summed E-state index contributed by atoms with van der Waals surface area (Å²) < 4.78 is 27.0. The van der Waals surface area contributed by atoms with E-state index in [4.69, 9.17) is 4.99 Å². The molecule has 2 fully saturated rings. The van der Waals surface area contributed by atoms with Crippen LogP contribution in [-0.4, -0.2) is 50.9 Å². The summed E-state index contributed by atoms with van der Waals surface area (Å²) in [7, 11) is -3.37. The van der Waals surface area contributed by atoms with E-state index >= 15 is 0 Å². The number of guanidine groups is 1. The fourth-order valence-corrected chi connectivity index (χ4v) is 4.80. The summed E-state index contributed by atoms with van der Waals surface area (Å²) in [5.74, 6) is 2.05. The minimum atomic E-state index is -3.37. The summed E-state index contributed by atoms with van der Waals surface area (Å²) >= 11 is 0. The number of benzene rings is 1. The van der Waals surface area contributed by atoms with Gasteiger partial charge >= 0.3 is 0 Å². The van der Waals surface area contributed by atoms with Crippen molar-refractivity contribution >= 4 is 40.0 Å². The number of hydrogen-bond acceptors (Lipinski definition) is 3. The van der Waals surface area contributed by atoms with E-state index in [1.54, 1.807) is 28.6 Å². The Morgan fingerprint density at radius 1 is 1.22 bits per heavy atom. The molecule has 0 amide bonds. The van der Waals surface area contributed by atoms with Crippen molar-refractivity contribution in [1.29, 1.82) is 0 Å². The standard InChI is InChI=1S/C19H30N4O2S.HI/c1-3-20-19(22-18-13-15(18)2)21-14-16-9-11-23(12-10-16)26(24,25)17-7-5-4-6-8-17;/h4-8,15-16,18H,3,9-14H2,1-2H3,(H2,20,21,22);1H. The molecule has 8 heteroatoms. The van der Waals surface area contributed by atoms with Gasteiger partial charge in [0.05, 0.1) is 4.90 Å². The summed E-state index contributed by atoms with van der Waals surface area (Å²) in [6, 6.07) is 9.25. The molecule has 1 aromatic rings. The first kappa shape index (κ1) is 22.4. The minimum Gasteiger partial charge on any atom is -0.357 e. The van der Waals surface area contributed by atoms with Crippen LogP contribution in [0.25, 0.3) is 0 Å². The Hall–Kier alpha value is -0.870. The molecule has 1 saturated carbocycles. The molecule has 2 unspecified atom stereocenters. The zero-order valence-electron chi connectivity index (χ0n) is 16.1. The summed E-state index contributed by atoms with van der Waals surface area (Å²) in [5, 5.41) is 6.77. The smallest absolute Gasteiger partial charge is 0.243 e. The fourth-order valence-electron chi connectivity index (χ4n) is 3.31. The van der Waals surface area contributed by atoms with Crippen LogP contribution >= 0.6 is 24.0 Å². The van der Waals surface area contributed by atoms with Crippen LogP contribution in [0.5, 0.6) is 0 Å². The van der Waals surface area contributed by atoms with Crippen LogP contribution in [0, 0.1) is 11.8 Å². The molecular formula is C19H31IN4O2S. The predicted octanol–water partition coefficient (Wildman–Crippen LogP) is 2.67. The first-order chi connectivity index (χ1) is 12.5. The molecule has 1 heterocycles. The van der Waals surface area contributed by atoms with E-state index in [9.17, 15) is 8.42 Å². The average molecular weight is 506 g/mol. The van der Waals surface area contributed by atoms with Crippen LogP contribution < -0.4 is 10.6 Å². The predicted molar refractivity (Wildman–Crippen MR) is 120 cm³/mol. The summed E-state index contributed by atoms with van der Waals surface area (Å²) in [6.07, 6.45) is 2.92. The van der Waals surface area contributed by atoms with Crippen molar-refractivity contribution in [3.8, 4) is 0 Å². The summed E-state index contributed by atoms with van der Waals surface area (Å²) in [4.78, 5) is 5.11. The second kappa shape index (κ2) is 10.1. The van der Waals surface area contributed by atoms with E-state index in [0.29, 0.717) is 29.9 Å². The Kier molecular flexibility index (Phi) is 8.36. The Morgan fingerprint density at radius 3 is 2.41 bits per heavy atom. The highest BCUT2D eigenvalue weighted by Crippen LogP contribution is 2.29. The minimum absolute atomic E-state index is 0. The van der Waals surface area contributed by atoms with Crippen LogP contribution in [0.4, 0.5) is 0 Å². The Bertz CT molecular complexity index is 718. The summed E-state index contributed by atoms with van der Waals surface area (Å²) in [6.45, 7) is 7.04. The van der Waals surface area contributed by atoms with Crippen molar-refractivity contribution in [2.45, 2.75) is 44.0 Å². The van der Waals surface area contributed by atoms with Gasteiger partial charge in [0.15, 0.2) is 5.96 Å². The highest BCUT2D eigenvalue weighted by Gasteiger charge is 2.33. The van der Waals surface area contributed by atoms with Gasteiger partial charge in [-0.3, -0.25) is 4.99 Å². The number of hydrogen-bond donors (Lipinski definition) is 2. The third-order valence-corrected chi connectivity index (χ3v) is 7.15. The molecular weight excluding hydrogens is 475 g/mol. The molecule has 0 spiro atoms. The summed E-state index contributed by atoms with van der Waals surface area (Å²) in [5.41, 5.74) is 0. The maximum absolute atomic E-state index is 12.7. The molecule has 0 bridgehead atoms. The lowest BCUT2D eigenvalue weighted by atomic mass is 9.98. The van der Waals surface area contributed by atoms with E-state index in [1.807, 2.05) is 6.07 Å². The molecule has 152 valence electrons. The fraction of sp³-hybridized carbons (Fsp3) is 0.632. The molecule has 27 heavy (non-hydrogen) atoms. The molecule has 6 nitrogen and oxygen atoms in total. The van der Waals surface area contributed by atoms with E-state index in [0.717, 1.165) is 37.8 Å². The first-order valence-electron chi connectivity index (χ1n) is 9.60. The molecule has 1 aromatic carbocycles. The molecule has 2 aliphatic rings. The maximum atomic E-state index is 12.7. The maximum Gasteiger partial charge on any atom is 0.243 e. The zero-order chi connectivity index (χ0) is 18.6. The Labute approximate surface area is 180 Å². The van der Waals surface area contributed by atoms with Crippen LogP contribution in [0.1, 0.15) is 33.1 Å². The largest absolute Gasteiger partial charge is 0.357 e. The topological polar surface area (TPSA) is 73.8 Å². The lowest BCUT2D eigenvalue weighted by molar-refractivity contribution is 0.278. The van der Waals surface area contributed by atoms with Crippen molar-refractivity contribution < 1.29 is 8.42 Å². The van der Waals surface area contributed by atoms with Gasteiger partial charge in [-0.25, -0.2) is 8.42 Å². The van der Waals surface area contributed by atoms with Crippen LogP contribution in [0.15, 0.2) is 40.2 Å². The first-order valence-corrected chi connectivity index (χ1v) is 11.0. The third kappa shape index (κ3) is 6.05. The second-order valence-corrected chi connectivity index (χ2v) is 9.28. The second-order valence-electron chi connectivity index (χ2n) is 7.34. The molecule has 3 rings (SSSR count). The number of nitrogens with one attached hydrogen (secondary N) is 2. The number of nitrogens with zero attached hydrogens (tertiary/aromatic N) is 2. The van der Waals surface area contributed by atoms with Crippen molar-refractivity contribution in [3.63, 3.8) is 0 Å². The lowest BCUT2D eigenvalue weighted by Gasteiger charge is -2.30. The quantitative estimate of drug-likeness (QED) is 0.354. The van der Waals surface area contributed by atoms with E-state index in [2.05, 4.69) is 24.5 Å². The number of halogens is 1. The molecule has 1 aliphatic carbocycles. The Balaban J connectivity index is 0.00000261.